The van der Waals surface area contributed by atoms with E-state index in [2.05, 4.69) is 20.7 Å². The number of Topliss-reactive ketones (excluding diaryl/α,β-unsaturated/α-hetero) is 1. The van der Waals surface area contributed by atoms with Gasteiger partial charge in [-0.05, 0) is 37.7 Å². The van der Waals surface area contributed by atoms with Crippen LogP contribution < -0.4 is 16.2 Å². The second-order valence-corrected chi connectivity index (χ2v) is 8.85. The second kappa shape index (κ2) is 12.0. The lowest BCUT2D eigenvalue weighted by Gasteiger charge is -2.30. The van der Waals surface area contributed by atoms with Gasteiger partial charge in [-0.1, -0.05) is 0 Å². The van der Waals surface area contributed by atoms with Crippen LogP contribution in [-0.2, 0) is 17.5 Å². The van der Waals surface area contributed by atoms with Crippen molar-refractivity contribution in [2.75, 3.05) is 19.6 Å². The fourth-order valence-electron chi connectivity index (χ4n) is 4.15. The van der Waals surface area contributed by atoms with Gasteiger partial charge < -0.3 is 10.6 Å². The summed E-state index contributed by atoms with van der Waals surface area (Å²) in [6, 6.07) is 0.683. The number of nitrogens with zero attached hydrogens (tertiary/aromatic N) is 3. The van der Waals surface area contributed by atoms with Crippen molar-refractivity contribution in [2.24, 2.45) is 10.9 Å². The molecule has 1 fully saturated rings. The third-order valence-electron chi connectivity index (χ3n) is 6.18. The zero-order chi connectivity index (χ0) is 26.3. The monoisotopic (exact) mass is 522 g/mol. The van der Waals surface area contributed by atoms with E-state index >= 15 is 0 Å². The van der Waals surface area contributed by atoms with Gasteiger partial charge in [0.2, 0.25) is 0 Å². The molecule has 2 unspecified atom stereocenters. The topological polar surface area (TPSA) is 102 Å². The summed E-state index contributed by atoms with van der Waals surface area (Å²) >= 11 is 0. The Morgan fingerprint density at radius 3 is 2.56 bits per heavy atom. The lowest BCUT2D eigenvalue weighted by atomic mass is 9.94. The van der Waals surface area contributed by atoms with Crippen molar-refractivity contribution in [2.45, 2.75) is 63.7 Å². The SMILES string of the molecule is O=C(CCNCc1cc(C(F)(F)F)c(=O)[nH]n1)CCC1CCCN(C2N=CC(C(F)(F)F)=CN2)CC1. The van der Waals surface area contributed by atoms with Crippen LogP contribution in [0.2, 0.25) is 0 Å². The van der Waals surface area contributed by atoms with Gasteiger partial charge >= 0.3 is 12.4 Å². The number of carbonyl (C=O) groups is 1. The quantitative estimate of drug-likeness (QED) is 0.340. The number of carbonyl (C=O) groups excluding carboxylic acids is 1. The average Bonchev–Trinajstić information content (AvgIpc) is 3.06. The molecule has 14 heteroatoms. The molecule has 2 aliphatic rings. The smallest absolute Gasteiger partial charge is 0.357 e. The van der Waals surface area contributed by atoms with Gasteiger partial charge in [0.1, 0.15) is 11.3 Å². The minimum absolute atomic E-state index is 0.0132. The number of hydrogen-bond donors (Lipinski definition) is 3. The molecule has 0 spiro atoms. The zero-order valence-corrected chi connectivity index (χ0v) is 19.4. The minimum atomic E-state index is -4.77. The van der Waals surface area contributed by atoms with Crippen LogP contribution in [0, 0.1) is 5.92 Å². The number of rotatable bonds is 9. The number of aromatic amines is 1. The predicted molar refractivity (Wildman–Crippen MR) is 119 cm³/mol. The summed E-state index contributed by atoms with van der Waals surface area (Å²) in [6.45, 7) is 1.57. The number of nitrogens with one attached hydrogen (secondary N) is 3. The molecule has 1 aromatic rings. The summed E-state index contributed by atoms with van der Waals surface area (Å²) in [4.78, 5) is 29.5. The van der Waals surface area contributed by atoms with Gasteiger partial charge in [-0.3, -0.25) is 19.5 Å². The molecule has 200 valence electrons. The fraction of sp³-hybridized carbons (Fsp3) is 0.636. The lowest BCUT2D eigenvalue weighted by Crippen LogP contribution is -2.45. The van der Waals surface area contributed by atoms with Crippen molar-refractivity contribution >= 4 is 12.0 Å². The van der Waals surface area contributed by atoms with Crippen LogP contribution in [0.5, 0.6) is 0 Å². The highest BCUT2D eigenvalue weighted by Crippen LogP contribution is 2.28. The molecule has 3 heterocycles. The Balaban J connectivity index is 1.34. The van der Waals surface area contributed by atoms with Gasteiger partial charge in [-0.2, -0.15) is 31.4 Å². The van der Waals surface area contributed by atoms with E-state index in [1.165, 1.54) is 0 Å². The molecule has 1 aromatic heterocycles. The van der Waals surface area contributed by atoms with Crippen LogP contribution in [0.3, 0.4) is 0 Å². The Kier molecular flexibility index (Phi) is 9.28. The molecular weight excluding hydrogens is 494 g/mol. The van der Waals surface area contributed by atoms with Crippen LogP contribution in [0.1, 0.15) is 49.8 Å². The number of hydrogen-bond acceptors (Lipinski definition) is 7. The van der Waals surface area contributed by atoms with Crippen LogP contribution in [0.15, 0.2) is 27.6 Å². The number of alkyl halides is 6. The lowest BCUT2D eigenvalue weighted by molar-refractivity contribution is -0.138. The van der Waals surface area contributed by atoms with E-state index in [0.717, 1.165) is 31.7 Å². The Labute approximate surface area is 203 Å². The third kappa shape index (κ3) is 8.15. The Morgan fingerprint density at radius 2 is 1.89 bits per heavy atom. The molecule has 0 aromatic carbocycles. The second-order valence-electron chi connectivity index (χ2n) is 8.85. The molecule has 2 aliphatic heterocycles. The van der Waals surface area contributed by atoms with Crippen molar-refractivity contribution in [3.63, 3.8) is 0 Å². The van der Waals surface area contributed by atoms with Crippen LogP contribution in [0.4, 0.5) is 26.3 Å². The molecular formula is C22H28F6N6O2. The molecule has 0 radical (unpaired) electrons. The van der Waals surface area contributed by atoms with Gasteiger partial charge in [0, 0.05) is 51.4 Å². The first-order valence-corrected chi connectivity index (χ1v) is 11.6. The molecule has 1 saturated heterocycles. The summed E-state index contributed by atoms with van der Waals surface area (Å²) in [5, 5.41) is 11.0. The minimum Gasteiger partial charge on any atom is -0.357 e. The van der Waals surface area contributed by atoms with Crippen LogP contribution in [-0.4, -0.2) is 59.2 Å². The largest absolute Gasteiger partial charge is 0.421 e. The number of H-pyrrole nitrogens is 1. The van der Waals surface area contributed by atoms with Crippen molar-refractivity contribution in [3.05, 3.63) is 39.5 Å². The number of allylic oxidation sites excluding steroid dienone is 1. The molecule has 0 saturated carbocycles. The highest BCUT2D eigenvalue weighted by Gasteiger charge is 2.35. The Bertz CT molecular complexity index is 1020. The van der Waals surface area contributed by atoms with Crippen LogP contribution >= 0.6 is 0 Å². The Hall–Kier alpha value is -2.74. The molecule has 0 amide bonds. The molecule has 3 N–H and O–H groups in total. The van der Waals surface area contributed by atoms with E-state index in [4.69, 9.17) is 0 Å². The number of halogens is 6. The van der Waals surface area contributed by atoms with Gasteiger partial charge in [-0.15, -0.1) is 0 Å². The van der Waals surface area contributed by atoms with Gasteiger partial charge in [0.25, 0.3) is 5.56 Å². The van der Waals surface area contributed by atoms with Gasteiger partial charge in [0.05, 0.1) is 11.3 Å². The Morgan fingerprint density at radius 1 is 1.11 bits per heavy atom. The summed E-state index contributed by atoms with van der Waals surface area (Å²) in [7, 11) is 0. The van der Waals surface area contributed by atoms with E-state index in [0.29, 0.717) is 37.9 Å². The summed E-state index contributed by atoms with van der Waals surface area (Å²) < 4.78 is 76.5. The molecule has 8 nitrogen and oxygen atoms in total. The first kappa shape index (κ1) is 27.8. The van der Waals surface area contributed by atoms with E-state index in [-0.39, 0.29) is 31.0 Å². The maximum Gasteiger partial charge on any atom is 0.421 e. The summed E-state index contributed by atoms with van der Waals surface area (Å²) in [5.74, 6) is 0.337. The average molecular weight is 522 g/mol. The van der Waals surface area contributed by atoms with E-state index in [9.17, 15) is 35.9 Å². The normalized spacial score (nSPS) is 21.6. The van der Waals surface area contributed by atoms with Gasteiger partial charge in [-0.25, -0.2) is 5.10 Å². The summed E-state index contributed by atoms with van der Waals surface area (Å²) in [6.07, 6.45) is -4.14. The zero-order valence-electron chi connectivity index (χ0n) is 19.4. The van der Waals surface area contributed by atoms with Gasteiger partial charge in [0.15, 0.2) is 6.29 Å². The predicted octanol–water partition coefficient (Wildman–Crippen LogP) is 3.12. The summed E-state index contributed by atoms with van der Waals surface area (Å²) in [5.41, 5.74) is -3.43. The molecule has 36 heavy (non-hydrogen) atoms. The number of aliphatic imine (C=N–C) groups is 1. The third-order valence-corrected chi connectivity index (χ3v) is 6.18. The standard InChI is InChI=1S/C22H28F6N6O2/c23-21(24,25)15-11-30-20(31-12-15)34-8-1-2-14(6-9-34)3-4-17(35)5-7-29-13-16-10-18(22(26,27)28)19(36)33-32-16/h10-12,14,20,29-30H,1-9,13H2,(H,33,36). The van der Waals surface area contributed by atoms with Crippen molar-refractivity contribution in [1.29, 1.82) is 0 Å². The molecule has 0 aliphatic carbocycles. The van der Waals surface area contributed by atoms with Crippen molar-refractivity contribution < 1.29 is 31.1 Å². The maximum atomic E-state index is 12.8. The number of likely N-dealkylation sites (tertiary alicyclic amines) is 1. The van der Waals surface area contributed by atoms with Crippen molar-refractivity contribution in [3.8, 4) is 0 Å². The van der Waals surface area contributed by atoms with E-state index < -0.39 is 35.3 Å². The fourth-order valence-corrected chi connectivity index (χ4v) is 4.15. The van der Waals surface area contributed by atoms with Crippen LogP contribution in [0.25, 0.3) is 0 Å². The maximum absolute atomic E-state index is 12.8. The molecule has 3 rings (SSSR count). The molecule has 0 bridgehead atoms. The number of aromatic nitrogens is 2. The first-order chi connectivity index (χ1) is 16.9. The highest BCUT2D eigenvalue weighted by atomic mass is 19.4. The number of ketones is 1. The molecule has 2 atom stereocenters. The first-order valence-electron chi connectivity index (χ1n) is 11.6. The van der Waals surface area contributed by atoms with E-state index in [1.807, 2.05) is 10.00 Å². The van der Waals surface area contributed by atoms with E-state index in [1.54, 1.807) is 0 Å². The van der Waals surface area contributed by atoms with Crippen molar-refractivity contribution in [1.82, 2.24) is 25.7 Å². The highest BCUT2D eigenvalue weighted by molar-refractivity contribution is 5.81.